The maximum atomic E-state index is 12.7. The Morgan fingerprint density at radius 2 is 1.79 bits per heavy atom. The third-order valence-electron chi connectivity index (χ3n) is 5.14. The Kier molecular flexibility index (Phi) is 6.19. The van der Waals surface area contributed by atoms with E-state index >= 15 is 0 Å². The average Bonchev–Trinajstić information content (AvgIpc) is 3.07. The zero-order valence-corrected chi connectivity index (χ0v) is 17.9. The van der Waals surface area contributed by atoms with E-state index in [1.54, 1.807) is 11.8 Å². The summed E-state index contributed by atoms with van der Waals surface area (Å²) in [6, 6.07) is 14.0. The molecule has 0 aliphatic carbocycles. The van der Waals surface area contributed by atoms with Crippen molar-refractivity contribution in [2.45, 2.75) is 36.5 Å². The van der Waals surface area contributed by atoms with Crippen LogP contribution in [0.1, 0.15) is 24.8 Å². The number of piperidine rings is 1. The Morgan fingerprint density at radius 3 is 2.57 bits per heavy atom. The van der Waals surface area contributed by atoms with Gasteiger partial charge in [-0.05, 0) is 43.0 Å². The van der Waals surface area contributed by atoms with Gasteiger partial charge >= 0.3 is 0 Å². The van der Waals surface area contributed by atoms with Gasteiger partial charge < -0.3 is 9.47 Å². The minimum Gasteiger partial charge on any atom is -0.341 e. The molecule has 3 nitrogen and oxygen atoms in total. The molecule has 0 N–H and O–H groups in total. The molecule has 1 aliphatic heterocycles. The van der Waals surface area contributed by atoms with E-state index in [0.717, 1.165) is 42.8 Å². The summed E-state index contributed by atoms with van der Waals surface area (Å²) in [5, 5.41) is 2.33. The maximum Gasteiger partial charge on any atom is 0.242 e. The normalized spacial score (nSPS) is 14.6. The molecule has 0 spiro atoms. The molecule has 146 valence electrons. The Bertz CT molecular complexity index is 995. The third-order valence-corrected chi connectivity index (χ3v) is 7.00. The summed E-state index contributed by atoms with van der Waals surface area (Å²) < 4.78 is 2.09. The minimum absolute atomic E-state index is 0.210. The SMILES string of the molecule is O=C(Cn1cc(SCc2ccc(Cl)c(Cl)c2)c2ccccc21)N1CCCCC1. The summed E-state index contributed by atoms with van der Waals surface area (Å²) in [5.74, 6) is 1.01. The number of likely N-dealkylation sites (tertiary alicyclic amines) is 1. The number of para-hydroxylation sites is 1. The lowest BCUT2D eigenvalue weighted by atomic mass is 10.1. The van der Waals surface area contributed by atoms with Crippen LogP contribution in [0.3, 0.4) is 0 Å². The lowest BCUT2D eigenvalue weighted by Crippen LogP contribution is -2.37. The summed E-state index contributed by atoms with van der Waals surface area (Å²) in [6.45, 7) is 2.17. The molecule has 2 heterocycles. The van der Waals surface area contributed by atoms with E-state index in [-0.39, 0.29) is 5.91 Å². The molecule has 0 saturated carbocycles. The van der Waals surface area contributed by atoms with E-state index in [4.69, 9.17) is 23.2 Å². The second kappa shape index (κ2) is 8.81. The van der Waals surface area contributed by atoms with Gasteiger partial charge in [0.25, 0.3) is 0 Å². The molecule has 0 radical (unpaired) electrons. The molecule has 1 aromatic heterocycles. The highest BCUT2D eigenvalue weighted by atomic mass is 35.5. The van der Waals surface area contributed by atoms with Crippen LogP contribution in [-0.2, 0) is 17.1 Å². The third kappa shape index (κ3) is 4.35. The largest absolute Gasteiger partial charge is 0.341 e. The lowest BCUT2D eigenvalue weighted by molar-refractivity contribution is -0.132. The molecular formula is C22H22Cl2N2OS. The molecule has 6 heteroatoms. The van der Waals surface area contributed by atoms with Crippen molar-refractivity contribution >= 4 is 51.8 Å². The molecule has 2 aromatic carbocycles. The molecular weight excluding hydrogens is 411 g/mol. The number of rotatable bonds is 5. The van der Waals surface area contributed by atoms with Crippen molar-refractivity contribution in [1.82, 2.24) is 9.47 Å². The van der Waals surface area contributed by atoms with Crippen molar-refractivity contribution < 1.29 is 4.79 Å². The molecule has 0 bridgehead atoms. The Hall–Kier alpha value is -1.62. The number of halogens is 2. The predicted octanol–water partition coefficient (Wildman–Crippen LogP) is 6.25. The van der Waals surface area contributed by atoms with Crippen LogP contribution in [0, 0.1) is 0 Å². The van der Waals surface area contributed by atoms with Crippen LogP contribution in [0.25, 0.3) is 10.9 Å². The quantitative estimate of drug-likeness (QED) is 0.444. The number of carbonyl (C=O) groups is 1. The number of nitrogens with zero attached hydrogens (tertiary/aromatic N) is 2. The summed E-state index contributed by atoms with van der Waals surface area (Å²) >= 11 is 13.9. The molecule has 1 saturated heterocycles. The number of fused-ring (bicyclic) bond motifs is 1. The van der Waals surface area contributed by atoms with E-state index in [1.807, 2.05) is 35.2 Å². The van der Waals surface area contributed by atoms with Gasteiger partial charge in [0.1, 0.15) is 6.54 Å². The van der Waals surface area contributed by atoms with Gasteiger partial charge in [-0.15, -0.1) is 11.8 Å². The van der Waals surface area contributed by atoms with Gasteiger partial charge in [-0.2, -0.15) is 0 Å². The molecule has 1 aliphatic rings. The van der Waals surface area contributed by atoms with Crippen LogP contribution in [0.2, 0.25) is 10.0 Å². The lowest BCUT2D eigenvalue weighted by Gasteiger charge is -2.27. The first kappa shape index (κ1) is 19.7. The van der Waals surface area contributed by atoms with E-state index in [2.05, 4.69) is 22.9 Å². The highest BCUT2D eigenvalue weighted by Gasteiger charge is 2.18. The van der Waals surface area contributed by atoms with Crippen molar-refractivity contribution in [2.75, 3.05) is 13.1 Å². The van der Waals surface area contributed by atoms with Crippen LogP contribution in [0.5, 0.6) is 0 Å². The highest BCUT2D eigenvalue weighted by Crippen LogP contribution is 2.33. The zero-order valence-electron chi connectivity index (χ0n) is 15.5. The van der Waals surface area contributed by atoms with E-state index < -0.39 is 0 Å². The van der Waals surface area contributed by atoms with Gasteiger partial charge in [-0.25, -0.2) is 0 Å². The molecule has 28 heavy (non-hydrogen) atoms. The second-order valence-corrected chi connectivity index (χ2v) is 8.95. The van der Waals surface area contributed by atoms with Gasteiger partial charge in [0.15, 0.2) is 0 Å². The summed E-state index contributed by atoms with van der Waals surface area (Å²) in [4.78, 5) is 15.9. The smallest absolute Gasteiger partial charge is 0.242 e. The summed E-state index contributed by atoms with van der Waals surface area (Å²) in [7, 11) is 0. The minimum atomic E-state index is 0.210. The van der Waals surface area contributed by atoms with Gasteiger partial charge in [0.2, 0.25) is 5.91 Å². The van der Waals surface area contributed by atoms with Crippen molar-refractivity contribution in [3.8, 4) is 0 Å². The van der Waals surface area contributed by atoms with Crippen molar-refractivity contribution in [3.05, 3.63) is 64.3 Å². The van der Waals surface area contributed by atoms with Gasteiger partial charge in [0.05, 0.1) is 10.0 Å². The summed E-state index contributed by atoms with van der Waals surface area (Å²) in [6.07, 6.45) is 5.56. The van der Waals surface area contributed by atoms with Crippen LogP contribution in [-0.4, -0.2) is 28.5 Å². The van der Waals surface area contributed by atoms with Crippen molar-refractivity contribution in [2.24, 2.45) is 0 Å². The molecule has 1 amide bonds. The number of amides is 1. The van der Waals surface area contributed by atoms with Crippen LogP contribution >= 0.6 is 35.0 Å². The molecule has 4 rings (SSSR count). The first-order valence-electron chi connectivity index (χ1n) is 9.54. The van der Waals surface area contributed by atoms with E-state index in [1.165, 1.54) is 16.7 Å². The fraction of sp³-hybridized carbons (Fsp3) is 0.318. The molecule has 0 atom stereocenters. The molecule has 3 aromatic rings. The second-order valence-electron chi connectivity index (χ2n) is 7.12. The Balaban J connectivity index is 1.54. The first-order valence-corrected chi connectivity index (χ1v) is 11.3. The molecule has 1 fully saturated rings. The van der Waals surface area contributed by atoms with Crippen molar-refractivity contribution in [3.63, 3.8) is 0 Å². The van der Waals surface area contributed by atoms with E-state index in [0.29, 0.717) is 16.6 Å². The Labute approximate surface area is 179 Å². The van der Waals surface area contributed by atoms with Crippen LogP contribution < -0.4 is 0 Å². The number of thioether (sulfide) groups is 1. The fourth-order valence-corrected chi connectivity index (χ4v) is 4.99. The monoisotopic (exact) mass is 432 g/mol. The first-order chi connectivity index (χ1) is 13.6. The fourth-order valence-electron chi connectivity index (χ4n) is 3.64. The maximum absolute atomic E-state index is 12.7. The topological polar surface area (TPSA) is 25.2 Å². The number of aromatic nitrogens is 1. The standard InChI is InChI=1S/C22H22Cl2N2OS/c23-18-9-8-16(12-19(18)24)15-28-21-13-26(20-7-3-2-6-17(20)21)14-22(27)25-10-4-1-5-11-25/h2-3,6-9,12-13H,1,4-5,10-11,14-15H2. The van der Waals surface area contributed by atoms with Gasteiger partial charge in [0, 0.05) is 40.8 Å². The molecule has 0 unspecified atom stereocenters. The summed E-state index contributed by atoms with van der Waals surface area (Å²) in [5.41, 5.74) is 2.23. The van der Waals surface area contributed by atoms with Gasteiger partial charge in [-0.1, -0.05) is 47.5 Å². The van der Waals surface area contributed by atoms with Crippen LogP contribution in [0.15, 0.2) is 53.6 Å². The highest BCUT2D eigenvalue weighted by molar-refractivity contribution is 7.98. The average molecular weight is 433 g/mol. The number of hydrogen-bond donors (Lipinski definition) is 0. The number of benzene rings is 2. The number of hydrogen-bond acceptors (Lipinski definition) is 2. The van der Waals surface area contributed by atoms with Crippen molar-refractivity contribution in [1.29, 1.82) is 0 Å². The Morgan fingerprint density at radius 1 is 1.00 bits per heavy atom. The number of carbonyl (C=O) groups excluding carboxylic acids is 1. The zero-order chi connectivity index (χ0) is 19.5. The van der Waals surface area contributed by atoms with E-state index in [9.17, 15) is 4.79 Å². The van der Waals surface area contributed by atoms with Gasteiger partial charge in [-0.3, -0.25) is 4.79 Å². The van der Waals surface area contributed by atoms with Crippen LogP contribution in [0.4, 0.5) is 0 Å². The predicted molar refractivity (Wildman–Crippen MR) is 118 cm³/mol.